The summed E-state index contributed by atoms with van der Waals surface area (Å²) in [5.74, 6) is 0.0187. The number of aryl methyl sites for hydroxylation is 1. The minimum absolute atomic E-state index is 0.311. The van der Waals surface area contributed by atoms with E-state index in [1.807, 2.05) is 0 Å². The van der Waals surface area contributed by atoms with Gasteiger partial charge in [0.25, 0.3) is 0 Å². The molecule has 1 aliphatic rings. The molecule has 3 unspecified atom stereocenters. The molecule has 0 heterocycles. The summed E-state index contributed by atoms with van der Waals surface area (Å²) in [6.07, 6.45) is 5.69. The molecule has 3 atom stereocenters. The third-order valence-electron chi connectivity index (χ3n) is 4.55. The van der Waals surface area contributed by atoms with Crippen molar-refractivity contribution < 1.29 is 8.78 Å². The van der Waals surface area contributed by atoms with Crippen LogP contribution in [0.4, 0.5) is 8.78 Å². The van der Waals surface area contributed by atoms with Gasteiger partial charge in [0.1, 0.15) is 11.6 Å². The Morgan fingerprint density at radius 2 is 2.00 bits per heavy atom. The molecule has 1 saturated carbocycles. The molecule has 1 aromatic rings. The maximum absolute atomic E-state index is 13.9. The van der Waals surface area contributed by atoms with Crippen LogP contribution in [0.1, 0.15) is 56.2 Å². The molecule has 0 spiro atoms. The van der Waals surface area contributed by atoms with Gasteiger partial charge in [-0.1, -0.05) is 26.2 Å². The summed E-state index contributed by atoms with van der Waals surface area (Å²) in [4.78, 5) is 0. The average Bonchev–Trinajstić information content (AvgIpc) is 2.42. The molecule has 0 radical (unpaired) electrons. The lowest BCUT2D eigenvalue weighted by molar-refractivity contribution is 0.228. The van der Waals surface area contributed by atoms with Crippen molar-refractivity contribution >= 4 is 0 Å². The molecule has 0 aliphatic heterocycles. The van der Waals surface area contributed by atoms with E-state index in [1.54, 1.807) is 13.0 Å². The van der Waals surface area contributed by atoms with Crippen molar-refractivity contribution in [2.45, 2.75) is 52.0 Å². The van der Waals surface area contributed by atoms with Crippen LogP contribution in [0.25, 0.3) is 0 Å². The lowest BCUT2D eigenvalue weighted by Gasteiger charge is -2.33. The van der Waals surface area contributed by atoms with Crippen molar-refractivity contribution in [2.75, 3.05) is 0 Å². The fourth-order valence-corrected chi connectivity index (χ4v) is 3.22. The second-order valence-electron chi connectivity index (χ2n) is 5.85. The molecule has 0 amide bonds. The predicted octanol–water partition coefficient (Wildman–Crippen LogP) is 4.49. The topological polar surface area (TPSA) is 26.0 Å². The van der Waals surface area contributed by atoms with Gasteiger partial charge in [0, 0.05) is 17.7 Å². The standard InChI is InChI=1S/C16H23F2N/c1-3-11-5-4-6-12(8-11)16(19)13-7-10(2)14(17)9-15(13)18/h7,9,11-12,16H,3-6,8,19H2,1-2H3. The molecule has 2 rings (SSSR count). The van der Waals surface area contributed by atoms with E-state index in [4.69, 9.17) is 5.73 Å². The lowest BCUT2D eigenvalue weighted by Crippen LogP contribution is -2.27. The van der Waals surface area contributed by atoms with E-state index in [2.05, 4.69) is 6.92 Å². The van der Waals surface area contributed by atoms with Gasteiger partial charge in [0.05, 0.1) is 0 Å². The monoisotopic (exact) mass is 267 g/mol. The number of benzene rings is 1. The number of hydrogen-bond donors (Lipinski definition) is 1. The molecule has 3 heteroatoms. The summed E-state index contributed by atoms with van der Waals surface area (Å²) in [6, 6.07) is 2.23. The summed E-state index contributed by atoms with van der Waals surface area (Å²) in [6.45, 7) is 3.85. The highest BCUT2D eigenvalue weighted by atomic mass is 19.1. The molecule has 0 aromatic heterocycles. The van der Waals surface area contributed by atoms with Crippen molar-refractivity contribution in [3.8, 4) is 0 Å². The molecule has 106 valence electrons. The van der Waals surface area contributed by atoms with Crippen LogP contribution in [0.15, 0.2) is 12.1 Å². The smallest absolute Gasteiger partial charge is 0.130 e. The molecule has 1 nitrogen and oxygen atoms in total. The molecule has 1 aliphatic carbocycles. The van der Waals surface area contributed by atoms with E-state index in [9.17, 15) is 8.78 Å². The van der Waals surface area contributed by atoms with E-state index in [0.717, 1.165) is 25.3 Å². The van der Waals surface area contributed by atoms with Crippen LogP contribution >= 0.6 is 0 Å². The van der Waals surface area contributed by atoms with Gasteiger partial charge in [0.15, 0.2) is 0 Å². The second kappa shape index (κ2) is 6.00. The Labute approximate surface area is 114 Å². The molecule has 2 N–H and O–H groups in total. The zero-order chi connectivity index (χ0) is 14.0. The van der Waals surface area contributed by atoms with E-state index in [-0.39, 0.29) is 6.04 Å². The molecule has 0 bridgehead atoms. The van der Waals surface area contributed by atoms with Gasteiger partial charge < -0.3 is 5.73 Å². The van der Waals surface area contributed by atoms with E-state index in [1.165, 1.54) is 12.8 Å². The average molecular weight is 267 g/mol. The molecule has 19 heavy (non-hydrogen) atoms. The molecular formula is C16H23F2N. The normalized spacial score (nSPS) is 25.3. The third-order valence-corrected chi connectivity index (χ3v) is 4.55. The fraction of sp³-hybridized carbons (Fsp3) is 0.625. The van der Waals surface area contributed by atoms with Crippen LogP contribution in [0, 0.1) is 30.4 Å². The maximum atomic E-state index is 13.9. The van der Waals surface area contributed by atoms with Crippen molar-refractivity contribution in [3.63, 3.8) is 0 Å². The Kier molecular flexibility index (Phi) is 4.56. The van der Waals surface area contributed by atoms with E-state index >= 15 is 0 Å². The highest BCUT2D eigenvalue weighted by Crippen LogP contribution is 2.38. The fourth-order valence-electron chi connectivity index (χ4n) is 3.22. The molecule has 1 fully saturated rings. The zero-order valence-electron chi connectivity index (χ0n) is 11.8. The van der Waals surface area contributed by atoms with Crippen LogP contribution in [0.3, 0.4) is 0 Å². The highest BCUT2D eigenvalue weighted by Gasteiger charge is 2.28. The van der Waals surface area contributed by atoms with Gasteiger partial charge in [-0.15, -0.1) is 0 Å². The summed E-state index contributed by atoms with van der Waals surface area (Å²) in [5.41, 5.74) is 7.18. The minimum Gasteiger partial charge on any atom is -0.324 e. The Morgan fingerprint density at radius 1 is 1.26 bits per heavy atom. The van der Waals surface area contributed by atoms with Crippen LogP contribution in [0.5, 0.6) is 0 Å². The summed E-state index contributed by atoms with van der Waals surface area (Å²) in [7, 11) is 0. The van der Waals surface area contributed by atoms with Gasteiger partial charge >= 0.3 is 0 Å². The number of halogens is 2. The summed E-state index contributed by atoms with van der Waals surface area (Å²) < 4.78 is 27.2. The van der Waals surface area contributed by atoms with Gasteiger partial charge in [0.2, 0.25) is 0 Å². The molecule has 1 aromatic carbocycles. The first-order valence-electron chi connectivity index (χ1n) is 7.24. The maximum Gasteiger partial charge on any atom is 0.130 e. The first kappa shape index (κ1) is 14.4. The number of hydrogen-bond acceptors (Lipinski definition) is 1. The SMILES string of the molecule is CCC1CCCC(C(N)c2cc(C)c(F)cc2F)C1. The Bertz CT molecular complexity index is 445. The van der Waals surface area contributed by atoms with Crippen LogP contribution in [-0.2, 0) is 0 Å². The predicted molar refractivity (Wildman–Crippen MR) is 73.8 cm³/mol. The number of rotatable bonds is 3. The van der Waals surface area contributed by atoms with Gasteiger partial charge in [-0.05, 0) is 43.2 Å². The van der Waals surface area contributed by atoms with Gasteiger partial charge in [-0.2, -0.15) is 0 Å². The lowest BCUT2D eigenvalue weighted by atomic mass is 9.75. The second-order valence-corrected chi connectivity index (χ2v) is 5.85. The van der Waals surface area contributed by atoms with Crippen molar-refractivity contribution in [3.05, 3.63) is 34.9 Å². The van der Waals surface area contributed by atoms with Gasteiger partial charge in [-0.3, -0.25) is 0 Å². The molecular weight excluding hydrogens is 244 g/mol. The molecule has 0 saturated heterocycles. The van der Waals surface area contributed by atoms with E-state index < -0.39 is 11.6 Å². The summed E-state index contributed by atoms with van der Waals surface area (Å²) in [5, 5.41) is 0. The van der Waals surface area contributed by atoms with Crippen LogP contribution < -0.4 is 5.73 Å². The van der Waals surface area contributed by atoms with Crippen LogP contribution in [0.2, 0.25) is 0 Å². The Hall–Kier alpha value is -0.960. The quantitative estimate of drug-likeness (QED) is 0.858. The van der Waals surface area contributed by atoms with Gasteiger partial charge in [-0.25, -0.2) is 8.78 Å². The minimum atomic E-state index is -0.505. The van der Waals surface area contributed by atoms with Crippen molar-refractivity contribution in [1.29, 1.82) is 0 Å². The zero-order valence-corrected chi connectivity index (χ0v) is 11.8. The first-order valence-corrected chi connectivity index (χ1v) is 7.24. The largest absolute Gasteiger partial charge is 0.324 e. The highest BCUT2D eigenvalue weighted by molar-refractivity contribution is 5.28. The summed E-state index contributed by atoms with van der Waals surface area (Å²) >= 11 is 0. The van der Waals surface area contributed by atoms with Crippen LogP contribution in [-0.4, -0.2) is 0 Å². The van der Waals surface area contributed by atoms with Crippen molar-refractivity contribution in [1.82, 2.24) is 0 Å². The first-order chi connectivity index (χ1) is 9.02. The third kappa shape index (κ3) is 3.14. The Morgan fingerprint density at radius 3 is 2.68 bits per heavy atom. The van der Waals surface area contributed by atoms with Crippen molar-refractivity contribution in [2.24, 2.45) is 17.6 Å². The Balaban J connectivity index is 2.19. The number of nitrogens with two attached hydrogens (primary N) is 1. The van der Waals surface area contributed by atoms with E-state index in [0.29, 0.717) is 23.0 Å².